The van der Waals surface area contributed by atoms with Crippen LogP contribution in [0.25, 0.3) is 6.08 Å². The molecule has 0 aliphatic carbocycles. The van der Waals surface area contributed by atoms with Gasteiger partial charge in [-0.25, -0.2) is 0 Å². The summed E-state index contributed by atoms with van der Waals surface area (Å²) in [6, 6.07) is 10.9. The van der Waals surface area contributed by atoms with Crippen molar-refractivity contribution in [3.8, 4) is 0 Å². The van der Waals surface area contributed by atoms with Crippen LogP contribution in [0.4, 0.5) is 0 Å². The molecule has 1 saturated heterocycles. The fourth-order valence-electron chi connectivity index (χ4n) is 2.28. The first-order valence-electron chi connectivity index (χ1n) is 7.22. The van der Waals surface area contributed by atoms with Gasteiger partial charge in [0.2, 0.25) is 0 Å². The second-order valence-electron chi connectivity index (χ2n) is 5.37. The van der Waals surface area contributed by atoms with E-state index in [0.29, 0.717) is 14.8 Å². The molecule has 0 atom stereocenters. The van der Waals surface area contributed by atoms with Crippen molar-refractivity contribution in [1.82, 2.24) is 15.0 Å². The van der Waals surface area contributed by atoms with Gasteiger partial charge >= 0.3 is 0 Å². The number of aromatic nitrogens is 1. The highest BCUT2D eigenvalue weighted by Crippen LogP contribution is 2.31. The van der Waals surface area contributed by atoms with Crippen molar-refractivity contribution in [3.63, 3.8) is 0 Å². The van der Waals surface area contributed by atoms with Gasteiger partial charge < -0.3 is 4.57 Å². The molecule has 5 nitrogen and oxygen atoms in total. The first-order chi connectivity index (χ1) is 11.5. The smallest absolute Gasteiger partial charge is 0.285 e. The van der Waals surface area contributed by atoms with E-state index in [1.54, 1.807) is 24.3 Å². The minimum Gasteiger partial charge on any atom is -0.351 e. The van der Waals surface area contributed by atoms with Gasteiger partial charge in [-0.3, -0.25) is 15.0 Å². The molecule has 122 valence electrons. The Hall–Kier alpha value is -2.38. The van der Waals surface area contributed by atoms with E-state index in [-0.39, 0.29) is 11.8 Å². The largest absolute Gasteiger partial charge is 0.351 e. The molecule has 0 bridgehead atoms. The van der Waals surface area contributed by atoms with Gasteiger partial charge in [0.25, 0.3) is 11.8 Å². The summed E-state index contributed by atoms with van der Waals surface area (Å²) in [5.41, 5.74) is 4.92. The average molecular weight is 357 g/mol. The lowest BCUT2D eigenvalue weighted by atomic mass is 10.1. The number of benzene rings is 1. The Balaban J connectivity index is 1.79. The molecule has 2 aromatic rings. The molecule has 7 heteroatoms. The monoisotopic (exact) mass is 357 g/mol. The van der Waals surface area contributed by atoms with Gasteiger partial charge in [-0.15, -0.1) is 0 Å². The maximum atomic E-state index is 12.5. The van der Waals surface area contributed by atoms with Gasteiger partial charge in [0, 0.05) is 24.5 Å². The fourth-order valence-corrected chi connectivity index (χ4v) is 3.44. The molecule has 0 saturated carbocycles. The van der Waals surface area contributed by atoms with Crippen molar-refractivity contribution in [1.29, 1.82) is 0 Å². The zero-order chi connectivity index (χ0) is 17.3. The van der Waals surface area contributed by atoms with Crippen LogP contribution in [0.2, 0.25) is 0 Å². The summed E-state index contributed by atoms with van der Waals surface area (Å²) in [6.45, 7) is 1.90. The van der Waals surface area contributed by atoms with E-state index < -0.39 is 0 Å². The van der Waals surface area contributed by atoms with Crippen LogP contribution < -0.4 is 5.43 Å². The molecule has 1 aliphatic rings. The molecule has 3 rings (SSSR count). The predicted molar refractivity (Wildman–Crippen MR) is 99.1 cm³/mol. The van der Waals surface area contributed by atoms with Crippen LogP contribution in [-0.2, 0) is 11.8 Å². The van der Waals surface area contributed by atoms with E-state index in [9.17, 15) is 9.59 Å². The Morgan fingerprint density at radius 2 is 2.08 bits per heavy atom. The van der Waals surface area contributed by atoms with E-state index >= 15 is 0 Å². The summed E-state index contributed by atoms with van der Waals surface area (Å²) >= 11 is 6.39. The van der Waals surface area contributed by atoms with E-state index in [1.165, 1.54) is 11.8 Å². The third-order valence-electron chi connectivity index (χ3n) is 3.55. The molecule has 1 aromatic heterocycles. The van der Waals surface area contributed by atoms with E-state index in [4.69, 9.17) is 12.2 Å². The number of carbonyl (C=O) groups excluding carboxylic acids is 2. The van der Waals surface area contributed by atoms with E-state index in [1.807, 2.05) is 42.9 Å². The Labute approximate surface area is 149 Å². The molecule has 0 spiro atoms. The summed E-state index contributed by atoms with van der Waals surface area (Å²) in [7, 11) is 1.89. The normalized spacial score (nSPS) is 16.1. The third kappa shape index (κ3) is 3.27. The number of amides is 2. The highest BCUT2D eigenvalue weighted by Gasteiger charge is 2.33. The van der Waals surface area contributed by atoms with Gasteiger partial charge in [-0.2, -0.15) is 5.01 Å². The molecule has 1 aromatic carbocycles. The zero-order valence-corrected chi connectivity index (χ0v) is 14.8. The molecule has 24 heavy (non-hydrogen) atoms. The van der Waals surface area contributed by atoms with Gasteiger partial charge in [0.05, 0.1) is 4.91 Å². The predicted octanol–water partition coefficient (Wildman–Crippen LogP) is 2.88. The van der Waals surface area contributed by atoms with Crippen LogP contribution in [-0.4, -0.2) is 25.7 Å². The lowest BCUT2D eigenvalue weighted by Gasteiger charge is -2.15. The molecule has 2 amide bonds. The van der Waals surface area contributed by atoms with Crippen molar-refractivity contribution >= 4 is 46.2 Å². The van der Waals surface area contributed by atoms with E-state index in [0.717, 1.165) is 16.3 Å². The fraction of sp³-hybridized carbons (Fsp3) is 0.118. The number of hydrogen-bond donors (Lipinski definition) is 1. The number of thiocarbonyl (C=S) groups is 1. The standard InChI is InChI=1S/C17H15N3O2S2/c1-11-5-3-6-12(9-11)15(21)18-20-16(22)14(24-17(20)23)10-13-7-4-8-19(13)2/h3-10H,1-2H3,(H,18,21)/b14-10+. The van der Waals surface area contributed by atoms with Gasteiger partial charge in [-0.05, 0) is 49.5 Å². The van der Waals surface area contributed by atoms with Crippen LogP contribution in [0, 0.1) is 6.92 Å². The average Bonchev–Trinajstić information content (AvgIpc) is 3.06. The molecule has 1 aliphatic heterocycles. The molecule has 2 heterocycles. The highest BCUT2D eigenvalue weighted by molar-refractivity contribution is 8.26. The highest BCUT2D eigenvalue weighted by atomic mass is 32.2. The van der Waals surface area contributed by atoms with Gasteiger partial charge in [-0.1, -0.05) is 29.5 Å². The lowest BCUT2D eigenvalue weighted by Crippen LogP contribution is -2.44. The van der Waals surface area contributed by atoms with Crippen LogP contribution in [0.1, 0.15) is 21.6 Å². The molecule has 0 radical (unpaired) electrons. The Kier molecular flexibility index (Phi) is 4.55. The van der Waals surface area contributed by atoms with Crippen LogP contribution >= 0.6 is 24.0 Å². The van der Waals surface area contributed by atoms with Crippen molar-refractivity contribution < 1.29 is 9.59 Å². The number of carbonyl (C=O) groups is 2. The number of hydrazine groups is 1. The SMILES string of the molecule is Cc1cccc(C(=O)NN2C(=O)/C(=C\c3cccn3C)SC2=S)c1. The lowest BCUT2D eigenvalue weighted by molar-refractivity contribution is -0.123. The quantitative estimate of drug-likeness (QED) is 0.678. The second-order valence-corrected chi connectivity index (χ2v) is 7.05. The number of nitrogens with one attached hydrogen (secondary N) is 1. The van der Waals surface area contributed by atoms with Gasteiger partial charge in [0.1, 0.15) is 0 Å². The maximum Gasteiger partial charge on any atom is 0.285 e. The summed E-state index contributed by atoms with van der Waals surface area (Å²) in [4.78, 5) is 25.3. The van der Waals surface area contributed by atoms with Crippen molar-refractivity contribution in [2.45, 2.75) is 6.92 Å². The number of hydrogen-bond acceptors (Lipinski definition) is 4. The first-order valence-corrected chi connectivity index (χ1v) is 8.45. The Bertz CT molecular complexity index is 870. The number of thioether (sulfide) groups is 1. The van der Waals surface area contributed by atoms with Crippen molar-refractivity contribution in [3.05, 3.63) is 64.3 Å². The van der Waals surface area contributed by atoms with Gasteiger partial charge in [0.15, 0.2) is 4.32 Å². The third-order valence-corrected chi connectivity index (χ3v) is 4.85. The molecular formula is C17H15N3O2S2. The van der Waals surface area contributed by atoms with Crippen molar-refractivity contribution in [2.75, 3.05) is 0 Å². The van der Waals surface area contributed by atoms with Crippen molar-refractivity contribution in [2.24, 2.45) is 7.05 Å². The number of nitrogens with zero attached hydrogens (tertiary/aromatic N) is 2. The maximum absolute atomic E-state index is 12.5. The van der Waals surface area contributed by atoms with Crippen LogP contribution in [0.15, 0.2) is 47.5 Å². The number of rotatable bonds is 3. The Morgan fingerprint density at radius 3 is 2.75 bits per heavy atom. The minimum atomic E-state index is -0.366. The molecule has 0 unspecified atom stereocenters. The summed E-state index contributed by atoms with van der Waals surface area (Å²) < 4.78 is 2.21. The molecular weight excluding hydrogens is 342 g/mol. The topological polar surface area (TPSA) is 54.3 Å². The summed E-state index contributed by atoms with van der Waals surface area (Å²) in [6.07, 6.45) is 3.66. The van der Waals surface area contributed by atoms with Crippen LogP contribution in [0.5, 0.6) is 0 Å². The first kappa shape index (κ1) is 16.5. The van der Waals surface area contributed by atoms with E-state index in [2.05, 4.69) is 5.43 Å². The Morgan fingerprint density at radius 1 is 1.29 bits per heavy atom. The van der Waals surface area contributed by atoms with Crippen LogP contribution in [0.3, 0.4) is 0 Å². The minimum absolute atomic E-state index is 0.307. The summed E-state index contributed by atoms with van der Waals surface area (Å²) in [5, 5.41) is 1.12. The molecule has 1 fully saturated rings. The second kappa shape index (κ2) is 6.62. The zero-order valence-electron chi connectivity index (χ0n) is 13.1. The number of aryl methyl sites for hydroxylation is 2. The molecule has 1 N–H and O–H groups in total. The summed E-state index contributed by atoms with van der Waals surface area (Å²) in [5.74, 6) is -0.692.